The first-order valence-electron chi connectivity index (χ1n) is 14.9. The maximum atomic E-state index is 12.2. The first-order valence-corrected chi connectivity index (χ1v) is 14.9. The predicted molar refractivity (Wildman–Crippen MR) is 162 cm³/mol. The maximum Gasteiger partial charge on any atom is 0.409 e. The largest absolute Gasteiger partial charge is 0.450 e. The summed E-state index contributed by atoms with van der Waals surface area (Å²) in [5, 5.41) is 0. The lowest BCUT2D eigenvalue weighted by molar-refractivity contribution is -0.0413. The molecule has 2 amide bonds. The van der Waals surface area contributed by atoms with Crippen molar-refractivity contribution in [1.82, 2.24) is 14.7 Å². The summed E-state index contributed by atoms with van der Waals surface area (Å²) in [5.41, 5.74) is 8.38. The molecule has 4 atom stereocenters. The molecule has 0 aliphatic carbocycles. The molecule has 2 saturated heterocycles. The summed E-state index contributed by atoms with van der Waals surface area (Å²) < 4.78 is 21.1. The van der Waals surface area contributed by atoms with Gasteiger partial charge in [-0.25, -0.2) is 9.59 Å². The van der Waals surface area contributed by atoms with E-state index in [1.165, 1.54) is 11.1 Å². The van der Waals surface area contributed by atoms with Crippen molar-refractivity contribution in [3.63, 3.8) is 0 Å². The number of piperidine rings is 2. The molecule has 2 aromatic carbocycles. The Hall–Kier alpha value is -3.18. The van der Waals surface area contributed by atoms with Crippen molar-refractivity contribution in [3.05, 3.63) is 71.8 Å². The van der Waals surface area contributed by atoms with E-state index in [2.05, 4.69) is 53.4 Å². The monoisotopic (exact) mass is 584 g/mol. The van der Waals surface area contributed by atoms with E-state index in [1.54, 1.807) is 30.9 Å². The smallest absolute Gasteiger partial charge is 0.409 e. The Labute approximate surface area is 250 Å². The molecule has 2 aromatic rings. The van der Waals surface area contributed by atoms with E-state index in [1.807, 2.05) is 19.1 Å². The molecule has 2 heterocycles. The van der Waals surface area contributed by atoms with E-state index < -0.39 is 0 Å². The zero-order chi connectivity index (χ0) is 30.3. The van der Waals surface area contributed by atoms with Crippen LogP contribution in [0.15, 0.2) is 60.7 Å². The van der Waals surface area contributed by atoms with Crippen LogP contribution in [0.4, 0.5) is 9.59 Å². The Balaban J connectivity index is 0.000000291. The highest BCUT2D eigenvalue weighted by Gasteiger charge is 2.36. The van der Waals surface area contributed by atoms with Crippen LogP contribution in [-0.4, -0.2) is 105 Å². The van der Waals surface area contributed by atoms with Gasteiger partial charge in [0.2, 0.25) is 0 Å². The number of likely N-dealkylation sites (tertiary alicyclic amines) is 2. The second kappa shape index (κ2) is 17.7. The molecule has 0 spiro atoms. The number of amides is 2. The van der Waals surface area contributed by atoms with Crippen LogP contribution >= 0.6 is 0 Å². The number of carbonyl (C=O) groups excluding carboxylic acids is 2. The summed E-state index contributed by atoms with van der Waals surface area (Å²) in [6.07, 6.45) is 0.967. The molecule has 4 unspecified atom stereocenters. The fourth-order valence-corrected chi connectivity index (χ4v) is 5.42. The summed E-state index contributed by atoms with van der Waals surface area (Å²) in [4.78, 5) is 29.4. The van der Waals surface area contributed by atoms with Gasteiger partial charge in [-0.3, -0.25) is 4.90 Å². The summed E-state index contributed by atoms with van der Waals surface area (Å²) in [6, 6.07) is 21.3. The number of hydrogen-bond donors (Lipinski definition) is 1. The molecule has 10 heteroatoms. The maximum absolute atomic E-state index is 12.2. The minimum absolute atomic E-state index is 0.0191. The van der Waals surface area contributed by atoms with Gasteiger partial charge in [-0.1, -0.05) is 60.7 Å². The van der Waals surface area contributed by atoms with Crippen molar-refractivity contribution in [2.24, 2.45) is 5.73 Å². The lowest BCUT2D eigenvalue weighted by Gasteiger charge is -2.43. The Morgan fingerprint density at radius 3 is 1.67 bits per heavy atom. The van der Waals surface area contributed by atoms with Crippen LogP contribution < -0.4 is 5.73 Å². The first-order chi connectivity index (χ1) is 20.4. The van der Waals surface area contributed by atoms with Crippen LogP contribution in [0.1, 0.15) is 37.8 Å². The molecule has 42 heavy (non-hydrogen) atoms. The van der Waals surface area contributed by atoms with Crippen LogP contribution in [0.25, 0.3) is 0 Å². The van der Waals surface area contributed by atoms with Gasteiger partial charge in [-0.05, 0) is 37.8 Å². The van der Waals surface area contributed by atoms with E-state index in [-0.39, 0.29) is 36.5 Å². The van der Waals surface area contributed by atoms with Crippen molar-refractivity contribution >= 4 is 12.2 Å². The van der Waals surface area contributed by atoms with Crippen molar-refractivity contribution in [3.8, 4) is 0 Å². The highest BCUT2D eigenvalue weighted by molar-refractivity contribution is 5.68. The minimum Gasteiger partial charge on any atom is -0.450 e. The van der Waals surface area contributed by atoms with Gasteiger partial charge in [-0.15, -0.1) is 0 Å². The van der Waals surface area contributed by atoms with Gasteiger partial charge in [0.1, 0.15) is 0 Å². The van der Waals surface area contributed by atoms with Crippen molar-refractivity contribution in [1.29, 1.82) is 0 Å². The predicted octanol–water partition coefficient (Wildman–Crippen LogP) is 4.13. The normalized spacial score (nSPS) is 22.2. The van der Waals surface area contributed by atoms with E-state index in [9.17, 15) is 9.59 Å². The minimum atomic E-state index is -0.276. The third kappa shape index (κ3) is 9.97. The van der Waals surface area contributed by atoms with Gasteiger partial charge in [-0.2, -0.15) is 0 Å². The number of ether oxygens (including phenoxy) is 4. The van der Waals surface area contributed by atoms with Crippen LogP contribution in [-0.2, 0) is 32.0 Å². The SMILES string of the molecule is CCOC(=O)N1CCC(N(Cc2ccccc2)Cc2ccccc2)C(OC)C1.CCOC(=O)N1CCC(N)C(OC)C1. The standard InChI is InChI=1S/C23H30N2O3.C9H18N2O3/c1-3-28-23(26)24-15-14-21(22(18-24)27-2)25(16-19-10-6-4-7-11-19)17-20-12-8-5-9-13-20;1-3-14-9(12)11-5-4-7(10)8(6-11)13-2/h4-13,21-22H,3,14-18H2,1-2H3;7-8H,3-6,10H2,1-2H3. The van der Waals surface area contributed by atoms with Crippen molar-refractivity contribution in [2.45, 2.75) is 64.1 Å². The molecule has 10 nitrogen and oxygen atoms in total. The topological polar surface area (TPSA) is 107 Å². The van der Waals surface area contributed by atoms with Gasteiger partial charge in [0.05, 0.1) is 38.5 Å². The summed E-state index contributed by atoms with van der Waals surface area (Å²) >= 11 is 0. The van der Waals surface area contributed by atoms with Crippen LogP contribution in [0, 0.1) is 0 Å². The average Bonchev–Trinajstić information content (AvgIpc) is 3.02. The molecular formula is C32H48N4O6. The zero-order valence-electron chi connectivity index (χ0n) is 25.5. The van der Waals surface area contributed by atoms with Crippen LogP contribution in [0.5, 0.6) is 0 Å². The number of carbonyl (C=O) groups is 2. The molecule has 2 aliphatic heterocycles. The molecule has 2 fully saturated rings. The Morgan fingerprint density at radius 2 is 1.21 bits per heavy atom. The molecule has 0 bridgehead atoms. The first kappa shape index (κ1) is 33.3. The molecule has 0 aromatic heterocycles. The number of methoxy groups -OCH3 is 2. The van der Waals surface area contributed by atoms with Crippen LogP contribution in [0.2, 0.25) is 0 Å². The number of benzene rings is 2. The number of nitrogens with zero attached hydrogens (tertiary/aromatic N) is 3. The molecule has 2 N–H and O–H groups in total. The Bertz CT molecular complexity index is 1020. The lowest BCUT2D eigenvalue weighted by Crippen LogP contribution is -2.55. The summed E-state index contributed by atoms with van der Waals surface area (Å²) in [7, 11) is 3.34. The molecule has 232 valence electrons. The lowest BCUT2D eigenvalue weighted by atomic mass is 9.98. The van der Waals surface area contributed by atoms with E-state index >= 15 is 0 Å². The summed E-state index contributed by atoms with van der Waals surface area (Å²) in [5.74, 6) is 0. The van der Waals surface area contributed by atoms with Gasteiger partial charge in [0.25, 0.3) is 0 Å². The number of rotatable bonds is 9. The van der Waals surface area contributed by atoms with Gasteiger partial charge in [0, 0.05) is 52.5 Å². The van der Waals surface area contributed by atoms with E-state index in [4.69, 9.17) is 24.7 Å². The number of nitrogens with two attached hydrogens (primary N) is 1. The van der Waals surface area contributed by atoms with Crippen molar-refractivity contribution in [2.75, 3.05) is 53.6 Å². The third-order valence-corrected chi connectivity index (χ3v) is 7.72. The highest BCUT2D eigenvalue weighted by atomic mass is 16.6. The van der Waals surface area contributed by atoms with Crippen LogP contribution in [0.3, 0.4) is 0 Å². The van der Waals surface area contributed by atoms with Gasteiger partial charge >= 0.3 is 12.2 Å². The fraction of sp³-hybridized carbons (Fsp3) is 0.562. The molecular weight excluding hydrogens is 536 g/mol. The Kier molecular flexibility index (Phi) is 14.0. The summed E-state index contributed by atoms with van der Waals surface area (Å²) in [6.45, 7) is 8.53. The molecule has 4 rings (SSSR count). The van der Waals surface area contributed by atoms with E-state index in [0.29, 0.717) is 39.4 Å². The van der Waals surface area contributed by atoms with Crippen molar-refractivity contribution < 1.29 is 28.5 Å². The second-order valence-corrected chi connectivity index (χ2v) is 10.5. The van der Waals surface area contributed by atoms with E-state index in [0.717, 1.165) is 25.9 Å². The fourth-order valence-electron chi connectivity index (χ4n) is 5.42. The number of hydrogen-bond acceptors (Lipinski definition) is 8. The molecule has 2 aliphatic rings. The highest BCUT2D eigenvalue weighted by Crippen LogP contribution is 2.24. The van der Waals surface area contributed by atoms with Gasteiger partial charge < -0.3 is 34.5 Å². The molecule has 0 saturated carbocycles. The third-order valence-electron chi connectivity index (χ3n) is 7.72. The molecule has 0 radical (unpaired) electrons. The van der Waals surface area contributed by atoms with Gasteiger partial charge in [0.15, 0.2) is 0 Å². The second-order valence-electron chi connectivity index (χ2n) is 10.5. The quantitative estimate of drug-likeness (QED) is 0.469. The zero-order valence-corrected chi connectivity index (χ0v) is 25.5. The Morgan fingerprint density at radius 1 is 0.762 bits per heavy atom. The average molecular weight is 585 g/mol.